The molecular formula is C21H17F3N4O3. The predicted octanol–water partition coefficient (Wildman–Crippen LogP) is 3.58. The molecule has 10 heteroatoms. The minimum Gasteiger partial charge on any atom is -0.488 e. The summed E-state index contributed by atoms with van der Waals surface area (Å²) in [4.78, 5) is 24.0. The van der Waals surface area contributed by atoms with Crippen LogP contribution in [0.2, 0.25) is 0 Å². The number of ether oxygens (including phenoxy) is 1. The quantitative estimate of drug-likeness (QED) is 0.575. The Morgan fingerprint density at radius 1 is 1.23 bits per heavy atom. The number of nitrogens with two attached hydrogens (primary N) is 1. The van der Waals surface area contributed by atoms with E-state index in [2.05, 4.69) is 15.5 Å². The summed E-state index contributed by atoms with van der Waals surface area (Å²) in [5.74, 6) is -0.840. The number of fused-ring (bicyclic) bond motifs is 1. The average Bonchev–Trinajstić information content (AvgIpc) is 3.19. The van der Waals surface area contributed by atoms with Crippen LogP contribution in [0.25, 0.3) is 0 Å². The Labute approximate surface area is 174 Å². The summed E-state index contributed by atoms with van der Waals surface area (Å²) in [7, 11) is 0. The smallest absolute Gasteiger partial charge is 0.416 e. The van der Waals surface area contributed by atoms with E-state index in [0.717, 1.165) is 11.6 Å². The number of aromatic amines is 1. The van der Waals surface area contributed by atoms with E-state index in [0.29, 0.717) is 11.4 Å². The van der Waals surface area contributed by atoms with Crippen molar-refractivity contribution in [1.29, 1.82) is 0 Å². The number of H-pyrrole nitrogens is 1. The van der Waals surface area contributed by atoms with Gasteiger partial charge in [0, 0.05) is 23.5 Å². The molecule has 0 radical (unpaired) electrons. The molecule has 2 aromatic carbocycles. The number of rotatable bonds is 5. The van der Waals surface area contributed by atoms with Crippen LogP contribution < -0.4 is 15.8 Å². The highest BCUT2D eigenvalue weighted by atomic mass is 19.4. The Morgan fingerprint density at radius 3 is 2.74 bits per heavy atom. The fourth-order valence-corrected chi connectivity index (χ4v) is 3.60. The van der Waals surface area contributed by atoms with Crippen molar-refractivity contribution in [3.63, 3.8) is 0 Å². The first-order chi connectivity index (χ1) is 14.7. The number of hydrogen-bond donors (Lipinski definition) is 3. The number of primary amides is 1. The summed E-state index contributed by atoms with van der Waals surface area (Å²) in [6, 6.07) is 9.65. The highest BCUT2D eigenvalue weighted by molar-refractivity contribution is 5.97. The molecule has 1 aliphatic rings. The number of anilines is 1. The molecule has 0 bridgehead atoms. The lowest BCUT2D eigenvalue weighted by Crippen LogP contribution is -2.23. The first-order valence-electron chi connectivity index (χ1n) is 9.29. The number of benzene rings is 2. The van der Waals surface area contributed by atoms with E-state index in [1.54, 1.807) is 12.3 Å². The molecule has 1 aliphatic heterocycles. The number of amides is 2. The third-order valence-corrected chi connectivity index (χ3v) is 5.08. The third-order valence-electron chi connectivity index (χ3n) is 5.08. The molecule has 1 aromatic heterocycles. The Bertz CT molecular complexity index is 1160. The molecule has 7 nitrogen and oxygen atoms in total. The second kappa shape index (κ2) is 7.78. The van der Waals surface area contributed by atoms with E-state index in [4.69, 9.17) is 10.5 Å². The van der Waals surface area contributed by atoms with Crippen molar-refractivity contribution in [3.05, 3.63) is 76.5 Å². The minimum absolute atomic E-state index is 0.0121. The van der Waals surface area contributed by atoms with E-state index in [1.807, 2.05) is 0 Å². The molecule has 31 heavy (non-hydrogen) atoms. The first-order valence-corrected chi connectivity index (χ1v) is 9.29. The monoisotopic (exact) mass is 430 g/mol. The predicted molar refractivity (Wildman–Crippen MR) is 104 cm³/mol. The van der Waals surface area contributed by atoms with Gasteiger partial charge in [0.15, 0.2) is 0 Å². The lowest BCUT2D eigenvalue weighted by molar-refractivity contribution is -0.138. The molecular weight excluding hydrogens is 413 g/mol. The maximum Gasteiger partial charge on any atom is 0.416 e. The van der Waals surface area contributed by atoms with Gasteiger partial charge in [-0.1, -0.05) is 24.3 Å². The standard InChI is InChI=1S/C21H17F3N4O3/c22-21(23,24)16-4-2-1-3-12(16)10-31-17-6-5-11(7-14(17)19(25)30)13-8-18(29)27-20-15(13)9-26-28-20/h1-7,9,13H,8,10H2,(H2,25,30)(H2,26,27,28,29). The summed E-state index contributed by atoms with van der Waals surface area (Å²) >= 11 is 0. The number of aromatic nitrogens is 2. The molecule has 2 heterocycles. The molecule has 0 saturated carbocycles. The molecule has 0 fully saturated rings. The van der Waals surface area contributed by atoms with Gasteiger partial charge < -0.3 is 15.8 Å². The lowest BCUT2D eigenvalue weighted by Gasteiger charge is -2.23. The van der Waals surface area contributed by atoms with Gasteiger partial charge in [-0.25, -0.2) is 0 Å². The van der Waals surface area contributed by atoms with Crippen LogP contribution in [-0.4, -0.2) is 22.0 Å². The topological polar surface area (TPSA) is 110 Å². The number of nitrogens with one attached hydrogen (secondary N) is 2. The van der Waals surface area contributed by atoms with Crippen LogP contribution >= 0.6 is 0 Å². The van der Waals surface area contributed by atoms with Gasteiger partial charge in [0.1, 0.15) is 18.2 Å². The van der Waals surface area contributed by atoms with Gasteiger partial charge in [0.2, 0.25) is 5.91 Å². The number of hydrogen-bond acceptors (Lipinski definition) is 4. The second-order valence-electron chi connectivity index (χ2n) is 7.07. The van der Waals surface area contributed by atoms with Crippen LogP contribution in [0, 0.1) is 0 Å². The number of halogens is 3. The van der Waals surface area contributed by atoms with Crippen molar-refractivity contribution in [2.45, 2.75) is 25.1 Å². The molecule has 0 spiro atoms. The Kier molecular flexibility index (Phi) is 5.14. The van der Waals surface area contributed by atoms with E-state index >= 15 is 0 Å². The van der Waals surface area contributed by atoms with Crippen molar-refractivity contribution in [3.8, 4) is 5.75 Å². The second-order valence-corrected chi connectivity index (χ2v) is 7.07. The van der Waals surface area contributed by atoms with Gasteiger partial charge in [-0.3, -0.25) is 14.7 Å². The van der Waals surface area contributed by atoms with E-state index in [9.17, 15) is 22.8 Å². The molecule has 1 atom stereocenters. The van der Waals surface area contributed by atoms with Crippen LogP contribution in [0.3, 0.4) is 0 Å². The zero-order chi connectivity index (χ0) is 22.2. The largest absolute Gasteiger partial charge is 0.488 e. The van der Waals surface area contributed by atoms with Gasteiger partial charge in [-0.15, -0.1) is 0 Å². The zero-order valence-electron chi connectivity index (χ0n) is 16.0. The van der Waals surface area contributed by atoms with Gasteiger partial charge in [-0.2, -0.15) is 18.3 Å². The molecule has 1 unspecified atom stereocenters. The van der Waals surface area contributed by atoms with Crippen LogP contribution in [0.5, 0.6) is 5.75 Å². The summed E-state index contributed by atoms with van der Waals surface area (Å²) in [5.41, 5.74) is 6.00. The van der Waals surface area contributed by atoms with E-state index < -0.39 is 24.3 Å². The van der Waals surface area contributed by atoms with Gasteiger partial charge in [0.05, 0.1) is 17.3 Å². The molecule has 0 aliphatic carbocycles. The van der Waals surface area contributed by atoms with Crippen molar-refractivity contribution < 1.29 is 27.5 Å². The molecule has 4 N–H and O–H groups in total. The Hall–Kier alpha value is -3.82. The maximum atomic E-state index is 13.2. The zero-order valence-corrected chi connectivity index (χ0v) is 16.0. The van der Waals surface area contributed by atoms with Crippen LogP contribution in [0.4, 0.5) is 19.0 Å². The highest BCUT2D eigenvalue weighted by Crippen LogP contribution is 2.38. The minimum atomic E-state index is -4.53. The molecule has 2 amide bonds. The fraction of sp³-hybridized carbons (Fsp3) is 0.190. The SMILES string of the molecule is NC(=O)c1cc(C2CC(=O)Nc3[nH]ncc32)ccc1OCc1ccccc1C(F)(F)F. The van der Waals surface area contributed by atoms with Crippen molar-refractivity contribution >= 4 is 17.6 Å². The first kappa shape index (κ1) is 20.5. The summed E-state index contributed by atoms with van der Waals surface area (Å²) in [6.07, 6.45) is -2.80. The summed E-state index contributed by atoms with van der Waals surface area (Å²) < 4.78 is 45.1. The highest BCUT2D eigenvalue weighted by Gasteiger charge is 2.33. The summed E-state index contributed by atoms with van der Waals surface area (Å²) in [6.45, 7) is -0.396. The van der Waals surface area contributed by atoms with Crippen LogP contribution in [-0.2, 0) is 17.6 Å². The summed E-state index contributed by atoms with van der Waals surface area (Å²) in [5, 5.41) is 9.31. The lowest BCUT2D eigenvalue weighted by atomic mass is 9.86. The van der Waals surface area contributed by atoms with Crippen LogP contribution in [0.15, 0.2) is 48.7 Å². The number of nitrogens with zero attached hydrogens (tertiary/aromatic N) is 1. The van der Waals surface area contributed by atoms with E-state index in [1.165, 1.54) is 30.3 Å². The Balaban J connectivity index is 1.63. The molecule has 4 rings (SSSR count). The molecule has 160 valence electrons. The van der Waals surface area contributed by atoms with Crippen molar-refractivity contribution in [1.82, 2.24) is 10.2 Å². The van der Waals surface area contributed by atoms with Crippen molar-refractivity contribution in [2.24, 2.45) is 5.73 Å². The average molecular weight is 430 g/mol. The van der Waals surface area contributed by atoms with Gasteiger partial charge >= 0.3 is 6.18 Å². The molecule has 0 saturated heterocycles. The van der Waals surface area contributed by atoms with Crippen LogP contribution in [0.1, 0.15) is 45.0 Å². The normalized spacial score (nSPS) is 15.8. The molecule has 3 aromatic rings. The van der Waals surface area contributed by atoms with Gasteiger partial charge in [0.25, 0.3) is 5.91 Å². The number of carbonyl (C=O) groups is 2. The fourth-order valence-electron chi connectivity index (χ4n) is 3.60. The maximum absolute atomic E-state index is 13.2. The number of alkyl halides is 3. The van der Waals surface area contributed by atoms with Crippen molar-refractivity contribution in [2.75, 3.05) is 5.32 Å². The van der Waals surface area contributed by atoms with Gasteiger partial charge in [-0.05, 0) is 23.8 Å². The number of carbonyl (C=O) groups excluding carboxylic acids is 2. The third kappa shape index (κ3) is 4.09. The van der Waals surface area contributed by atoms with E-state index in [-0.39, 0.29) is 35.1 Å². The Morgan fingerprint density at radius 2 is 2.00 bits per heavy atom.